The molecule has 0 unspecified atom stereocenters. The molecule has 10 aromatic rings. The largest absolute Gasteiger partial charge is 0.456 e. The fourth-order valence-electron chi connectivity index (χ4n) is 12.2. The van der Waals surface area contributed by atoms with Crippen molar-refractivity contribution >= 4 is 29.2 Å². The zero-order chi connectivity index (χ0) is 45.1. The van der Waals surface area contributed by atoms with Crippen LogP contribution in [0.1, 0.15) is 58.4 Å². The van der Waals surface area contributed by atoms with E-state index in [1.54, 1.807) is 0 Å². The van der Waals surface area contributed by atoms with E-state index in [9.17, 15) is 0 Å². The van der Waals surface area contributed by atoms with Gasteiger partial charge >= 0.3 is 0 Å². The quantitative estimate of drug-likeness (QED) is 0.175. The van der Waals surface area contributed by atoms with E-state index in [4.69, 9.17) is 4.74 Å². The summed E-state index contributed by atoms with van der Waals surface area (Å²) in [5.41, 5.74) is 25.2. The molecule has 10 aromatic carbocycles. The molecule has 0 saturated heterocycles. The fourth-order valence-corrected chi connectivity index (χ4v) is 12.2. The third kappa shape index (κ3) is 5.46. The van der Waals surface area contributed by atoms with Crippen LogP contribution in [-0.2, 0) is 10.8 Å². The molecule has 0 atom stereocenters. The van der Waals surface area contributed by atoms with Gasteiger partial charge in [0.2, 0.25) is 0 Å². The number of para-hydroxylation sites is 1. The minimum atomic E-state index is -0.445. The Labute approximate surface area is 397 Å². The molecule has 0 N–H and O–H groups in total. The topological polar surface area (TPSA) is 12.5 Å². The highest BCUT2D eigenvalue weighted by molar-refractivity contribution is 5.95. The first-order chi connectivity index (χ1) is 33.5. The lowest BCUT2D eigenvalue weighted by atomic mass is 9.66. The van der Waals surface area contributed by atoms with Gasteiger partial charge in [-0.15, -0.1) is 0 Å². The Morgan fingerprint density at radius 1 is 0.309 bits per heavy atom. The van der Waals surface area contributed by atoms with Crippen molar-refractivity contribution in [2.45, 2.75) is 24.7 Å². The summed E-state index contributed by atoms with van der Waals surface area (Å²) in [6.07, 6.45) is 4.59. The molecule has 1 spiro atoms. The van der Waals surface area contributed by atoms with Gasteiger partial charge in [0.1, 0.15) is 11.5 Å². The second-order valence-electron chi connectivity index (χ2n) is 19.2. The van der Waals surface area contributed by atoms with Gasteiger partial charge in [-0.3, -0.25) is 0 Å². The minimum Gasteiger partial charge on any atom is -0.456 e. The predicted molar refractivity (Wildman–Crippen MR) is 281 cm³/mol. The maximum Gasteiger partial charge on any atom is 0.135 e. The standard InChI is InChI=1S/C66H45NO/c1-65(2)59-24-12-7-19-51(59)53-36-34-48(41-62(53)65)67(47-35-38-64-56(40-47)50-18-6-5-17-49(50)54-21-9-14-26-63(54)68-64)46-32-29-42(30-33-46)45-31-37-61-55(39-45)52-20-8-13-25-60(52)66(61)57-22-10-3-15-43(57)27-28-44-16-4-11-23-58(44)66/h3-41H,1-2H3. The van der Waals surface area contributed by atoms with Crippen LogP contribution in [0.15, 0.2) is 224 Å². The normalized spacial score (nSPS) is 14.3. The van der Waals surface area contributed by atoms with Gasteiger partial charge in [0.25, 0.3) is 0 Å². The third-order valence-corrected chi connectivity index (χ3v) is 15.3. The molecule has 0 bridgehead atoms. The molecule has 14 rings (SSSR count). The number of anilines is 3. The van der Waals surface area contributed by atoms with Crippen LogP contribution in [0.3, 0.4) is 0 Å². The molecule has 3 aliphatic carbocycles. The first-order valence-corrected chi connectivity index (χ1v) is 23.7. The van der Waals surface area contributed by atoms with Crippen molar-refractivity contribution in [1.29, 1.82) is 0 Å². The van der Waals surface area contributed by atoms with Gasteiger partial charge in [-0.1, -0.05) is 196 Å². The van der Waals surface area contributed by atoms with E-state index in [2.05, 4.69) is 249 Å². The van der Waals surface area contributed by atoms with E-state index < -0.39 is 5.41 Å². The lowest BCUT2D eigenvalue weighted by Gasteiger charge is -2.35. The Bertz CT molecular complexity index is 3710. The van der Waals surface area contributed by atoms with Crippen LogP contribution < -0.4 is 9.64 Å². The maximum atomic E-state index is 6.73. The van der Waals surface area contributed by atoms with Crippen LogP contribution >= 0.6 is 0 Å². The van der Waals surface area contributed by atoms with Gasteiger partial charge in [-0.2, -0.15) is 0 Å². The first-order valence-electron chi connectivity index (χ1n) is 23.7. The average Bonchev–Trinajstić information content (AvgIpc) is 3.66. The van der Waals surface area contributed by atoms with E-state index in [0.717, 1.165) is 45.3 Å². The van der Waals surface area contributed by atoms with Gasteiger partial charge in [-0.25, -0.2) is 0 Å². The highest BCUT2D eigenvalue weighted by atomic mass is 16.5. The second-order valence-corrected chi connectivity index (χ2v) is 19.2. The Hall–Kier alpha value is -8.46. The minimum absolute atomic E-state index is 0.147. The molecule has 0 saturated carbocycles. The molecule has 2 nitrogen and oxygen atoms in total. The Kier molecular flexibility index (Phi) is 8.28. The Morgan fingerprint density at radius 2 is 0.794 bits per heavy atom. The van der Waals surface area contributed by atoms with Gasteiger partial charge in [0.05, 0.1) is 5.41 Å². The highest BCUT2D eigenvalue weighted by Gasteiger charge is 2.48. The van der Waals surface area contributed by atoms with Gasteiger partial charge < -0.3 is 9.64 Å². The summed E-state index contributed by atoms with van der Waals surface area (Å²) in [6.45, 7) is 4.71. The van der Waals surface area contributed by atoms with Crippen LogP contribution in [0.2, 0.25) is 0 Å². The molecule has 68 heavy (non-hydrogen) atoms. The van der Waals surface area contributed by atoms with Crippen molar-refractivity contribution in [3.05, 3.63) is 269 Å². The molecule has 2 heteroatoms. The Morgan fingerprint density at radius 3 is 1.51 bits per heavy atom. The summed E-state index contributed by atoms with van der Waals surface area (Å²) >= 11 is 0. The molecule has 320 valence electrons. The van der Waals surface area contributed by atoms with Crippen molar-refractivity contribution in [2.24, 2.45) is 0 Å². The monoisotopic (exact) mass is 867 g/mol. The lowest BCUT2D eigenvalue weighted by molar-refractivity contribution is 0.488. The SMILES string of the molecule is CC1(C)c2ccccc2-c2ccc(N(c3ccc(-c4ccc5c(c4)-c4ccccc4C54c5ccccc5C=Cc5ccccc54)cc3)c3ccc4c(c3)-c3ccccc3-c3ccccc3O4)cc21. The molecule has 0 amide bonds. The van der Waals surface area contributed by atoms with Gasteiger partial charge in [0, 0.05) is 33.6 Å². The van der Waals surface area contributed by atoms with Crippen molar-refractivity contribution in [3.8, 4) is 67.1 Å². The molecule has 0 fully saturated rings. The highest BCUT2D eigenvalue weighted by Crippen LogP contribution is 2.59. The van der Waals surface area contributed by atoms with Crippen LogP contribution in [0.5, 0.6) is 11.5 Å². The molecule has 0 aromatic heterocycles. The zero-order valence-corrected chi connectivity index (χ0v) is 37.9. The van der Waals surface area contributed by atoms with Crippen molar-refractivity contribution in [2.75, 3.05) is 4.90 Å². The Balaban J connectivity index is 0.915. The molecule has 4 aliphatic rings. The zero-order valence-electron chi connectivity index (χ0n) is 37.9. The van der Waals surface area contributed by atoms with Crippen LogP contribution in [-0.4, -0.2) is 0 Å². The smallest absolute Gasteiger partial charge is 0.135 e. The number of rotatable bonds is 4. The molecule has 1 aliphatic heterocycles. The predicted octanol–water partition coefficient (Wildman–Crippen LogP) is 17.4. The van der Waals surface area contributed by atoms with Gasteiger partial charge in [0.15, 0.2) is 0 Å². The number of fused-ring (bicyclic) bond motifs is 17. The number of hydrogen-bond donors (Lipinski definition) is 0. The molecule has 0 radical (unpaired) electrons. The summed E-state index contributed by atoms with van der Waals surface area (Å²) in [6, 6.07) is 83.0. The van der Waals surface area contributed by atoms with Crippen molar-refractivity contribution in [3.63, 3.8) is 0 Å². The summed E-state index contributed by atoms with van der Waals surface area (Å²) in [5.74, 6) is 1.71. The third-order valence-electron chi connectivity index (χ3n) is 15.3. The van der Waals surface area contributed by atoms with E-state index in [0.29, 0.717) is 0 Å². The van der Waals surface area contributed by atoms with Crippen LogP contribution in [0.4, 0.5) is 17.1 Å². The van der Waals surface area contributed by atoms with E-state index >= 15 is 0 Å². The second kappa shape index (κ2) is 14.5. The number of benzene rings is 10. The lowest BCUT2D eigenvalue weighted by Crippen LogP contribution is -2.29. The van der Waals surface area contributed by atoms with Crippen molar-refractivity contribution < 1.29 is 4.74 Å². The number of ether oxygens (including phenoxy) is 1. The molecular formula is C66H45NO. The average molecular weight is 868 g/mol. The van der Waals surface area contributed by atoms with Crippen molar-refractivity contribution in [1.82, 2.24) is 0 Å². The van der Waals surface area contributed by atoms with Gasteiger partial charge in [-0.05, 0) is 144 Å². The summed E-state index contributed by atoms with van der Waals surface area (Å²) in [7, 11) is 0. The number of hydrogen-bond acceptors (Lipinski definition) is 2. The first kappa shape index (κ1) is 38.8. The maximum absolute atomic E-state index is 6.73. The number of nitrogens with zero attached hydrogens (tertiary/aromatic N) is 1. The summed E-state index contributed by atoms with van der Waals surface area (Å²) < 4.78 is 6.73. The summed E-state index contributed by atoms with van der Waals surface area (Å²) in [5, 5.41) is 0. The van der Waals surface area contributed by atoms with E-state index in [1.165, 1.54) is 83.5 Å². The fraction of sp³-hybridized carbons (Fsp3) is 0.0606. The molecular weight excluding hydrogens is 823 g/mol. The van der Waals surface area contributed by atoms with Crippen LogP contribution in [0.25, 0.3) is 67.8 Å². The van der Waals surface area contributed by atoms with Crippen LogP contribution in [0, 0.1) is 0 Å². The van der Waals surface area contributed by atoms with E-state index in [1.807, 2.05) is 6.07 Å². The molecule has 1 heterocycles. The summed E-state index contributed by atoms with van der Waals surface area (Å²) in [4.78, 5) is 2.42. The van der Waals surface area contributed by atoms with E-state index in [-0.39, 0.29) is 5.41 Å².